The molecule has 25 heavy (non-hydrogen) atoms. The van der Waals surface area contributed by atoms with Crippen LogP contribution in [0.3, 0.4) is 0 Å². The van der Waals surface area contributed by atoms with E-state index in [1.807, 2.05) is 13.0 Å². The van der Waals surface area contributed by atoms with Gasteiger partial charge in [0.15, 0.2) is 22.4 Å². The molecule has 1 aromatic carbocycles. The van der Waals surface area contributed by atoms with Gasteiger partial charge in [-0.1, -0.05) is 36.1 Å². The zero-order valence-electron chi connectivity index (χ0n) is 13.7. The maximum Gasteiger partial charge on any atom is 0.250 e. The summed E-state index contributed by atoms with van der Waals surface area (Å²) in [7, 11) is 1.51. The largest absolute Gasteiger partial charge is 0.493 e. The number of nitrogens with zero attached hydrogens (tertiary/aromatic N) is 3. The van der Waals surface area contributed by atoms with Crippen molar-refractivity contribution in [2.75, 3.05) is 24.8 Å². The molecule has 0 atom stereocenters. The number of aromatic nitrogens is 2. The lowest BCUT2D eigenvalue weighted by molar-refractivity contribution is -0.111. The highest BCUT2D eigenvalue weighted by Gasteiger charge is 2.07. The predicted molar refractivity (Wildman–Crippen MR) is 98.1 cm³/mol. The van der Waals surface area contributed by atoms with E-state index in [-0.39, 0.29) is 12.5 Å². The van der Waals surface area contributed by atoms with Gasteiger partial charge in [-0.15, -0.1) is 10.2 Å². The van der Waals surface area contributed by atoms with Crippen molar-refractivity contribution in [1.29, 1.82) is 5.26 Å². The first-order valence-corrected chi connectivity index (χ1v) is 9.09. The molecular formula is C16H16N4O3S2. The zero-order chi connectivity index (χ0) is 18.1. The van der Waals surface area contributed by atoms with Crippen molar-refractivity contribution in [2.45, 2.75) is 11.3 Å². The normalized spacial score (nSPS) is 10.4. The summed E-state index contributed by atoms with van der Waals surface area (Å²) in [6.07, 6.45) is 3.05. The molecule has 1 aromatic heterocycles. The predicted octanol–water partition coefficient (Wildman–Crippen LogP) is 3.21. The van der Waals surface area contributed by atoms with Crippen molar-refractivity contribution in [1.82, 2.24) is 10.2 Å². The highest BCUT2D eigenvalue weighted by Crippen LogP contribution is 2.28. The number of methoxy groups -OCH3 is 1. The second kappa shape index (κ2) is 9.66. The van der Waals surface area contributed by atoms with E-state index in [1.165, 1.54) is 24.5 Å². The molecule has 0 aliphatic carbocycles. The van der Waals surface area contributed by atoms with Crippen LogP contribution in [0.5, 0.6) is 11.5 Å². The number of anilines is 1. The third-order valence-corrected chi connectivity index (χ3v) is 4.67. The van der Waals surface area contributed by atoms with E-state index in [2.05, 4.69) is 15.5 Å². The van der Waals surface area contributed by atoms with Crippen molar-refractivity contribution < 1.29 is 14.3 Å². The standard InChI is InChI=1S/C16H16N4O3S2/c1-3-24-16-20-19-15(25-16)18-14(21)7-5-11-4-6-12(23-9-8-17)13(10-11)22-2/h4-7,10H,3,9H2,1-2H3,(H,18,19,21). The van der Waals surface area contributed by atoms with Crippen molar-refractivity contribution in [3.8, 4) is 17.6 Å². The number of carbonyl (C=O) groups is 1. The Labute approximate surface area is 153 Å². The molecule has 0 saturated carbocycles. The molecule has 0 unspecified atom stereocenters. The summed E-state index contributed by atoms with van der Waals surface area (Å²) in [6.45, 7) is 1.96. The van der Waals surface area contributed by atoms with Crippen molar-refractivity contribution in [3.05, 3.63) is 29.8 Å². The van der Waals surface area contributed by atoms with Gasteiger partial charge in [-0.05, 0) is 29.5 Å². The number of hydrogen-bond acceptors (Lipinski definition) is 8. The van der Waals surface area contributed by atoms with Crippen LogP contribution < -0.4 is 14.8 Å². The van der Waals surface area contributed by atoms with Gasteiger partial charge in [0.25, 0.3) is 0 Å². The van der Waals surface area contributed by atoms with Crippen molar-refractivity contribution >= 4 is 40.2 Å². The maximum atomic E-state index is 12.0. The maximum absolute atomic E-state index is 12.0. The summed E-state index contributed by atoms with van der Waals surface area (Å²) in [5.74, 6) is 1.56. The zero-order valence-corrected chi connectivity index (χ0v) is 15.3. The molecule has 0 saturated heterocycles. The van der Waals surface area contributed by atoms with Crippen LogP contribution in [0.1, 0.15) is 12.5 Å². The molecule has 7 nitrogen and oxygen atoms in total. The Balaban J connectivity index is 2.00. The number of nitrogens with one attached hydrogen (secondary N) is 1. The van der Waals surface area contributed by atoms with Gasteiger partial charge in [-0.3, -0.25) is 10.1 Å². The minimum absolute atomic E-state index is 0.0614. The molecule has 0 radical (unpaired) electrons. The Bertz CT molecular complexity index is 799. The Morgan fingerprint density at radius 2 is 2.28 bits per heavy atom. The Morgan fingerprint density at radius 1 is 1.44 bits per heavy atom. The van der Waals surface area contributed by atoms with E-state index in [0.717, 1.165) is 15.7 Å². The Kier molecular flexibility index (Phi) is 7.25. The number of rotatable bonds is 8. The first-order chi connectivity index (χ1) is 12.2. The molecule has 1 N–H and O–H groups in total. The third-order valence-electron chi connectivity index (χ3n) is 2.81. The van der Waals surface area contributed by atoms with Crippen LogP contribution in [-0.2, 0) is 4.79 Å². The van der Waals surface area contributed by atoms with E-state index >= 15 is 0 Å². The smallest absolute Gasteiger partial charge is 0.250 e. The molecule has 0 fully saturated rings. The molecule has 0 aliphatic rings. The van der Waals surface area contributed by atoms with E-state index < -0.39 is 0 Å². The van der Waals surface area contributed by atoms with E-state index in [1.54, 1.807) is 36.0 Å². The van der Waals surface area contributed by atoms with Gasteiger partial charge in [0.05, 0.1) is 7.11 Å². The number of carbonyl (C=O) groups excluding carboxylic acids is 1. The van der Waals surface area contributed by atoms with E-state index in [9.17, 15) is 4.79 Å². The number of benzene rings is 1. The fraction of sp³-hybridized carbons (Fsp3) is 0.250. The summed E-state index contributed by atoms with van der Waals surface area (Å²) in [6, 6.07) is 7.07. The molecule has 130 valence electrons. The van der Waals surface area contributed by atoms with E-state index in [0.29, 0.717) is 16.6 Å². The van der Waals surface area contributed by atoms with Crippen LogP contribution in [0.4, 0.5) is 5.13 Å². The second-order valence-electron chi connectivity index (χ2n) is 4.49. The lowest BCUT2D eigenvalue weighted by atomic mass is 10.2. The Hall–Kier alpha value is -2.57. The summed E-state index contributed by atoms with van der Waals surface area (Å²) in [5.41, 5.74) is 0.760. The SMILES string of the molecule is CCSc1nnc(NC(=O)C=Cc2ccc(OCC#N)c(OC)c2)s1. The first-order valence-electron chi connectivity index (χ1n) is 7.29. The van der Waals surface area contributed by atoms with Gasteiger partial charge >= 0.3 is 0 Å². The molecular weight excluding hydrogens is 360 g/mol. The van der Waals surface area contributed by atoms with Crippen LogP contribution in [0, 0.1) is 11.3 Å². The second-order valence-corrected chi connectivity index (χ2v) is 6.97. The van der Waals surface area contributed by atoms with Gasteiger partial charge in [0, 0.05) is 6.08 Å². The molecule has 1 heterocycles. The summed E-state index contributed by atoms with van der Waals surface area (Å²) in [4.78, 5) is 12.0. The molecule has 0 spiro atoms. The van der Waals surface area contributed by atoms with E-state index in [4.69, 9.17) is 14.7 Å². The van der Waals surface area contributed by atoms with Gasteiger partial charge < -0.3 is 9.47 Å². The fourth-order valence-corrected chi connectivity index (χ4v) is 3.43. The van der Waals surface area contributed by atoms with Crippen LogP contribution in [0.2, 0.25) is 0 Å². The lowest BCUT2D eigenvalue weighted by Gasteiger charge is -2.08. The minimum Gasteiger partial charge on any atom is -0.493 e. The van der Waals surface area contributed by atoms with Crippen LogP contribution in [-0.4, -0.2) is 35.6 Å². The van der Waals surface area contributed by atoms with Crippen LogP contribution in [0.25, 0.3) is 6.08 Å². The lowest BCUT2D eigenvalue weighted by Crippen LogP contribution is -2.07. The topological polar surface area (TPSA) is 97.1 Å². The van der Waals surface area contributed by atoms with Crippen LogP contribution >= 0.6 is 23.1 Å². The average molecular weight is 376 g/mol. The third kappa shape index (κ3) is 5.77. The molecule has 1 amide bonds. The minimum atomic E-state index is -0.298. The Morgan fingerprint density at radius 3 is 3.00 bits per heavy atom. The van der Waals surface area contributed by atoms with Crippen LogP contribution in [0.15, 0.2) is 28.6 Å². The molecule has 0 aliphatic heterocycles. The van der Waals surface area contributed by atoms with Gasteiger partial charge in [0.2, 0.25) is 11.0 Å². The number of ether oxygens (including phenoxy) is 2. The average Bonchev–Trinajstić information content (AvgIpc) is 3.05. The number of amides is 1. The van der Waals surface area contributed by atoms with Crippen molar-refractivity contribution in [3.63, 3.8) is 0 Å². The molecule has 9 heteroatoms. The number of hydrogen-bond donors (Lipinski definition) is 1. The summed E-state index contributed by atoms with van der Waals surface area (Å²) < 4.78 is 11.3. The highest BCUT2D eigenvalue weighted by atomic mass is 32.2. The quantitative estimate of drug-likeness (QED) is 0.429. The number of thioether (sulfide) groups is 1. The van der Waals surface area contributed by atoms with Gasteiger partial charge in [-0.2, -0.15) is 5.26 Å². The molecule has 2 aromatic rings. The molecule has 0 bridgehead atoms. The summed E-state index contributed by atoms with van der Waals surface area (Å²) in [5, 5.41) is 19.6. The fourth-order valence-electron chi connectivity index (χ4n) is 1.78. The first kappa shape index (κ1) is 18.8. The van der Waals surface area contributed by atoms with Gasteiger partial charge in [-0.25, -0.2) is 0 Å². The molecule has 2 rings (SSSR count). The van der Waals surface area contributed by atoms with Gasteiger partial charge in [0.1, 0.15) is 6.07 Å². The monoisotopic (exact) mass is 376 g/mol. The summed E-state index contributed by atoms with van der Waals surface area (Å²) >= 11 is 2.91. The van der Waals surface area contributed by atoms with Crippen molar-refractivity contribution in [2.24, 2.45) is 0 Å². The highest BCUT2D eigenvalue weighted by molar-refractivity contribution is 8.01. The number of nitriles is 1.